The van der Waals surface area contributed by atoms with E-state index >= 15 is 0 Å². The second-order valence-corrected chi connectivity index (χ2v) is 3.59. The number of hydrogen-bond acceptors (Lipinski definition) is 3. The maximum absolute atomic E-state index is 10.2. The summed E-state index contributed by atoms with van der Waals surface area (Å²) in [7, 11) is 0. The van der Waals surface area contributed by atoms with Gasteiger partial charge in [-0.2, -0.15) is 0 Å². The summed E-state index contributed by atoms with van der Waals surface area (Å²) in [5.41, 5.74) is 2.33. The van der Waals surface area contributed by atoms with Gasteiger partial charge in [0.15, 0.2) is 0 Å². The number of rotatable bonds is 4. The average molecular weight is 206 g/mol. The van der Waals surface area contributed by atoms with E-state index in [2.05, 4.69) is 0 Å². The molecule has 0 bridgehead atoms. The predicted molar refractivity (Wildman–Crippen MR) is 55.5 cm³/mol. The lowest BCUT2D eigenvalue weighted by atomic mass is 10.0. The number of hydrogen-bond donors (Lipinski definition) is 0. The molecule has 1 aliphatic rings. The molecule has 1 heterocycles. The van der Waals surface area contributed by atoms with Crippen molar-refractivity contribution in [2.75, 3.05) is 13.4 Å². The van der Waals surface area contributed by atoms with E-state index in [0.717, 1.165) is 18.3 Å². The molecule has 2 rings (SSSR count). The van der Waals surface area contributed by atoms with Crippen molar-refractivity contribution < 1.29 is 14.3 Å². The molecule has 0 aromatic heterocycles. The Morgan fingerprint density at radius 3 is 2.73 bits per heavy atom. The first-order valence-electron chi connectivity index (χ1n) is 5.12. The molecule has 0 N–H and O–H groups in total. The highest BCUT2D eigenvalue weighted by Gasteiger charge is 2.17. The van der Waals surface area contributed by atoms with E-state index in [-0.39, 0.29) is 6.10 Å². The summed E-state index contributed by atoms with van der Waals surface area (Å²) in [5, 5.41) is 0. The molecule has 3 heteroatoms. The SMILES string of the molecule is O=CCCc1ccc(C2COCO2)cc1. The van der Waals surface area contributed by atoms with Crippen LogP contribution in [0.3, 0.4) is 0 Å². The van der Waals surface area contributed by atoms with Crippen LogP contribution in [0.1, 0.15) is 23.7 Å². The summed E-state index contributed by atoms with van der Waals surface area (Å²) >= 11 is 0. The van der Waals surface area contributed by atoms with Crippen LogP contribution < -0.4 is 0 Å². The van der Waals surface area contributed by atoms with Gasteiger partial charge in [0, 0.05) is 6.42 Å². The largest absolute Gasteiger partial charge is 0.352 e. The molecule has 1 fully saturated rings. The standard InChI is InChI=1S/C12H14O3/c13-7-1-2-10-3-5-11(6-4-10)12-8-14-9-15-12/h3-7,12H,1-2,8-9H2. The Morgan fingerprint density at radius 1 is 1.33 bits per heavy atom. The van der Waals surface area contributed by atoms with E-state index in [4.69, 9.17) is 9.47 Å². The molecule has 1 aromatic carbocycles. The molecule has 0 saturated carbocycles. The molecule has 1 atom stereocenters. The fraction of sp³-hybridized carbons (Fsp3) is 0.417. The Kier molecular flexibility index (Phi) is 3.48. The normalized spacial score (nSPS) is 20.4. The van der Waals surface area contributed by atoms with Crippen LogP contribution in [0.15, 0.2) is 24.3 Å². The van der Waals surface area contributed by atoms with Gasteiger partial charge in [-0.3, -0.25) is 0 Å². The number of aryl methyl sites for hydroxylation is 1. The molecule has 0 radical (unpaired) electrons. The van der Waals surface area contributed by atoms with Gasteiger partial charge in [0.05, 0.1) is 6.61 Å². The van der Waals surface area contributed by atoms with Crippen LogP contribution in [-0.4, -0.2) is 19.7 Å². The quantitative estimate of drug-likeness (QED) is 0.705. The van der Waals surface area contributed by atoms with Gasteiger partial charge in [-0.1, -0.05) is 24.3 Å². The third-order valence-corrected chi connectivity index (χ3v) is 2.52. The van der Waals surface area contributed by atoms with Gasteiger partial charge in [-0.15, -0.1) is 0 Å². The lowest BCUT2D eigenvalue weighted by Crippen LogP contribution is -1.99. The van der Waals surface area contributed by atoms with Crippen LogP contribution in [-0.2, 0) is 20.7 Å². The van der Waals surface area contributed by atoms with Crippen molar-refractivity contribution in [2.45, 2.75) is 18.9 Å². The molecule has 0 spiro atoms. The highest BCUT2D eigenvalue weighted by atomic mass is 16.7. The zero-order valence-electron chi connectivity index (χ0n) is 8.52. The zero-order chi connectivity index (χ0) is 10.5. The van der Waals surface area contributed by atoms with E-state index in [9.17, 15) is 4.79 Å². The van der Waals surface area contributed by atoms with E-state index in [1.165, 1.54) is 5.56 Å². The average Bonchev–Trinajstić information content (AvgIpc) is 2.80. The topological polar surface area (TPSA) is 35.5 Å². The van der Waals surface area contributed by atoms with Gasteiger partial charge < -0.3 is 14.3 Å². The Hall–Kier alpha value is -1.19. The van der Waals surface area contributed by atoms with Crippen molar-refractivity contribution in [1.82, 2.24) is 0 Å². The minimum atomic E-state index is 0.0742. The van der Waals surface area contributed by atoms with Crippen LogP contribution in [0.2, 0.25) is 0 Å². The van der Waals surface area contributed by atoms with Crippen molar-refractivity contribution in [1.29, 1.82) is 0 Å². The Labute approximate surface area is 89.0 Å². The number of aldehydes is 1. The van der Waals surface area contributed by atoms with Crippen molar-refractivity contribution in [3.8, 4) is 0 Å². The minimum absolute atomic E-state index is 0.0742. The van der Waals surface area contributed by atoms with Crippen molar-refractivity contribution >= 4 is 6.29 Å². The Bertz CT molecular complexity index is 312. The second-order valence-electron chi connectivity index (χ2n) is 3.59. The van der Waals surface area contributed by atoms with Crippen LogP contribution in [0.25, 0.3) is 0 Å². The lowest BCUT2D eigenvalue weighted by molar-refractivity contribution is -0.107. The first kappa shape index (κ1) is 10.3. The molecule has 0 amide bonds. The third-order valence-electron chi connectivity index (χ3n) is 2.52. The van der Waals surface area contributed by atoms with Gasteiger partial charge in [0.25, 0.3) is 0 Å². The number of carbonyl (C=O) groups is 1. The summed E-state index contributed by atoms with van der Waals surface area (Å²) in [6.45, 7) is 1.02. The smallest absolute Gasteiger partial charge is 0.147 e. The van der Waals surface area contributed by atoms with E-state index in [0.29, 0.717) is 19.8 Å². The lowest BCUT2D eigenvalue weighted by Gasteiger charge is -2.08. The van der Waals surface area contributed by atoms with Gasteiger partial charge in [-0.25, -0.2) is 0 Å². The first-order chi connectivity index (χ1) is 7.40. The molecule has 1 aliphatic heterocycles. The molecule has 15 heavy (non-hydrogen) atoms. The van der Waals surface area contributed by atoms with Crippen molar-refractivity contribution in [3.63, 3.8) is 0 Å². The van der Waals surface area contributed by atoms with E-state index in [1.54, 1.807) is 0 Å². The first-order valence-corrected chi connectivity index (χ1v) is 5.12. The van der Waals surface area contributed by atoms with Crippen LogP contribution in [0.4, 0.5) is 0 Å². The van der Waals surface area contributed by atoms with Crippen LogP contribution in [0, 0.1) is 0 Å². The highest BCUT2D eigenvalue weighted by Crippen LogP contribution is 2.22. The second kappa shape index (κ2) is 5.05. The molecule has 80 valence electrons. The molecule has 0 aliphatic carbocycles. The highest BCUT2D eigenvalue weighted by molar-refractivity contribution is 5.50. The molecular formula is C12H14O3. The summed E-state index contributed by atoms with van der Waals surface area (Å²) in [5.74, 6) is 0. The van der Waals surface area contributed by atoms with E-state index < -0.39 is 0 Å². The van der Waals surface area contributed by atoms with Gasteiger partial charge in [0.2, 0.25) is 0 Å². The third kappa shape index (κ3) is 2.64. The van der Waals surface area contributed by atoms with Gasteiger partial charge >= 0.3 is 0 Å². The van der Waals surface area contributed by atoms with Crippen molar-refractivity contribution in [3.05, 3.63) is 35.4 Å². The number of carbonyl (C=O) groups excluding carboxylic acids is 1. The fourth-order valence-electron chi connectivity index (χ4n) is 1.65. The Morgan fingerprint density at radius 2 is 2.13 bits per heavy atom. The molecular weight excluding hydrogens is 192 g/mol. The summed E-state index contributed by atoms with van der Waals surface area (Å²) < 4.78 is 10.5. The minimum Gasteiger partial charge on any atom is -0.352 e. The van der Waals surface area contributed by atoms with Gasteiger partial charge in [-0.05, 0) is 17.5 Å². The molecule has 3 nitrogen and oxygen atoms in total. The number of ether oxygens (including phenoxy) is 2. The number of benzene rings is 1. The van der Waals surface area contributed by atoms with Gasteiger partial charge in [0.1, 0.15) is 19.2 Å². The maximum Gasteiger partial charge on any atom is 0.147 e. The monoisotopic (exact) mass is 206 g/mol. The summed E-state index contributed by atoms with van der Waals surface area (Å²) in [6.07, 6.45) is 2.42. The molecule has 1 aromatic rings. The van der Waals surface area contributed by atoms with Crippen LogP contribution >= 0.6 is 0 Å². The predicted octanol–water partition coefficient (Wildman–Crippen LogP) is 1.86. The summed E-state index contributed by atoms with van der Waals surface area (Å²) in [6, 6.07) is 8.17. The van der Waals surface area contributed by atoms with E-state index in [1.807, 2.05) is 24.3 Å². The Balaban J connectivity index is 1.99. The zero-order valence-corrected chi connectivity index (χ0v) is 8.52. The maximum atomic E-state index is 10.2. The fourth-order valence-corrected chi connectivity index (χ4v) is 1.65. The molecule has 1 unspecified atom stereocenters. The molecule has 1 saturated heterocycles. The van der Waals surface area contributed by atoms with Crippen molar-refractivity contribution in [2.24, 2.45) is 0 Å². The van der Waals surface area contributed by atoms with Crippen LogP contribution in [0.5, 0.6) is 0 Å². The summed E-state index contributed by atoms with van der Waals surface area (Å²) in [4.78, 5) is 10.2.